The highest BCUT2D eigenvalue weighted by Crippen LogP contribution is 2.15. The van der Waals surface area contributed by atoms with Gasteiger partial charge in [0.1, 0.15) is 0 Å². The third-order valence-corrected chi connectivity index (χ3v) is 2.43. The maximum Gasteiger partial charge on any atom is 0.0714 e. The molecule has 13 heavy (non-hydrogen) atoms. The van der Waals surface area contributed by atoms with Crippen molar-refractivity contribution in [2.24, 2.45) is 11.8 Å². The number of aliphatic hydroxyl groups is 3. The molecule has 4 unspecified atom stereocenters. The summed E-state index contributed by atoms with van der Waals surface area (Å²) in [6.07, 6.45) is -1.23. The van der Waals surface area contributed by atoms with Crippen molar-refractivity contribution in [2.75, 3.05) is 20.2 Å². The van der Waals surface area contributed by atoms with Crippen LogP contribution in [-0.4, -0.2) is 47.7 Å². The first-order valence-corrected chi connectivity index (χ1v) is 4.66. The summed E-state index contributed by atoms with van der Waals surface area (Å²) in [6, 6.07) is 0. The van der Waals surface area contributed by atoms with Crippen LogP contribution in [0.4, 0.5) is 0 Å². The second kappa shape index (κ2) is 6.32. The van der Waals surface area contributed by atoms with Crippen molar-refractivity contribution in [1.29, 1.82) is 0 Å². The van der Waals surface area contributed by atoms with Crippen LogP contribution in [0.3, 0.4) is 0 Å². The van der Waals surface area contributed by atoms with E-state index in [0.29, 0.717) is 6.54 Å². The number of aliphatic hydroxyl groups excluding tert-OH is 3. The Hall–Kier alpha value is -0.160. The summed E-state index contributed by atoms with van der Waals surface area (Å²) in [5.41, 5.74) is 0. The maximum absolute atomic E-state index is 9.64. The molecule has 0 saturated carbocycles. The average molecular weight is 191 g/mol. The molecule has 0 fully saturated rings. The fourth-order valence-electron chi connectivity index (χ4n) is 1.25. The first kappa shape index (κ1) is 12.8. The third kappa shape index (κ3) is 4.04. The van der Waals surface area contributed by atoms with Crippen LogP contribution >= 0.6 is 0 Å². The van der Waals surface area contributed by atoms with Crippen LogP contribution in [0.2, 0.25) is 0 Å². The molecule has 0 aromatic carbocycles. The van der Waals surface area contributed by atoms with Crippen LogP contribution in [0.5, 0.6) is 0 Å². The second-order valence-corrected chi connectivity index (χ2v) is 3.63. The Morgan fingerprint density at radius 1 is 1.23 bits per heavy atom. The monoisotopic (exact) mass is 191 g/mol. The van der Waals surface area contributed by atoms with Gasteiger partial charge in [0.2, 0.25) is 0 Å². The molecule has 0 aliphatic heterocycles. The predicted octanol–water partition coefficient (Wildman–Crippen LogP) is -0.808. The van der Waals surface area contributed by atoms with E-state index in [2.05, 4.69) is 5.32 Å². The van der Waals surface area contributed by atoms with Gasteiger partial charge in [0.05, 0.1) is 12.2 Å². The first-order chi connectivity index (χ1) is 6.04. The molecule has 4 atom stereocenters. The van der Waals surface area contributed by atoms with Gasteiger partial charge in [-0.25, -0.2) is 0 Å². The molecule has 0 aliphatic carbocycles. The van der Waals surface area contributed by atoms with Gasteiger partial charge >= 0.3 is 0 Å². The summed E-state index contributed by atoms with van der Waals surface area (Å²) in [5, 5.41) is 30.8. The van der Waals surface area contributed by atoms with Crippen LogP contribution in [0.15, 0.2) is 0 Å². The predicted molar refractivity (Wildman–Crippen MR) is 51.4 cm³/mol. The lowest BCUT2D eigenvalue weighted by Gasteiger charge is -2.27. The summed E-state index contributed by atoms with van der Waals surface area (Å²) in [6.45, 7) is 3.93. The van der Waals surface area contributed by atoms with E-state index in [1.165, 1.54) is 0 Å². The van der Waals surface area contributed by atoms with E-state index in [1.807, 2.05) is 0 Å². The number of likely N-dealkylation sites (N-methyl/N-ethyl adjacent to an activating group) is 1. The summed E-state index contributed by atoms with van der Waals surface area (Å²) < 4.78 is 0. The zero-order valence-electron chi connectivity index (χ0n) is 8.57. The van der Waals surface area contributed by atoms with E-state index < -0.39 is 12.2 Å². The van der Waals surface area contributed by atoms with Gasteiger partial charge in [0.25, 0.3) is 0 Å². The minimum absolute atomic E-state index is 0.0578. The number of nitrogens with one attached hydrogen (secondary N) is 1. The van der Waals surface area contributed by atoms with E-state index in [9.17, 15) is 10.2 Å². The lowest BCUT2D eigenvalue weighted by Crippen LogP contribution is -2.39. The Morgan fingerprint density at radius 3 is 2.15 bits per heavy atom. The van der Waals surface area contributed by atoms with Crippen LogP contribution in [-0.2, 0) is 0 Å². The molecular weight excluding hydrogens is 170 g/mol. The van der Waals surface area contributed by atoms with Crippen molar-refractivity contribution in [3.05, 3.63) is 0 Å². The van der Waals surface area contributed by atoms with E-state index in [-0.39, 0.29) is 18.4 Å². The molecule has 4 nitrogen and oxygen atoms in total. The highest BCUT2D eigenvalue weighted by molar-refractivity contribution is 4.77. The molecule has 0 radical (unpaired) electrons. The molecule has 0 heterocycles. The molecule has 0 spiro atoms. The summed E-state index contributed by atoms with van der Waals surface area (Å²) in [7, 11) is 1.75. The summed E-state index contributed by atoms with van der Waals surface area (Å²) >= 11 is 0. The number of hydrogen-bond donors (Lipinski definition) is 4. The molecule has 0 bridgehead atoms. The maximum atomic E-state index is 9.64. The number of hydrogen-bond acceptors (Lipinski definition) is 4. The standard InChI is InChI=1S/C9H21NO3/c1-6(5-11)9(13)7(2)8(12)4-10-3/h6-13H,4-5H2,1-3H3. The molecule has 0 amide bonds. The van der Waals surface area contributed by atoms with Gasteiger partial charge in [-0.1, -0.05) is 13.8 Å². The fraction of sp³-hybridized carbons (Fsp3) is 1.00. The van der Waals surface area contributed by atoms with Crippen molar-refractivity contribution in [3.8, 4) is 0 Å². The summed E-state index contributed by atoms with van der Waals surface area (Å²) in [5.74, 6) is -0.420. The van der Waals surface area contributed by atoms with Crippen LogP contribution in [0.1, 0.15) is 13.8 Å². The Bertz CT molecular complexity index is 132. The van der Waals surface area contributed by atoms with Gasteiger partial charge in [-0.05, 0) is 7.05 Å². The van der Waals surface area contributed by atoms with E-state index in [4.69, 9.17) is 5.11 Å². The van der Waals surface area contributed by atoms with Gasteiger partial charge in [0, 0.05) is 25.0 Å². The molecular formula is C9H21NO3. The van der Waals surface area contributed by atoms with Crippen molar-refractivity contribution < 1.29 is 15.3 Å². The van der Waals surface area contributed by atoms with Crippen molar-refractivity contribution in [2.45, 2.75) is 26.1 Å². The van der Waals surface area contributed by atoms with Gasteiger partial charge in [-0.15, -0.1) is 0 Å². The average Bonchev–Trinajstić information content (AvgIpc) is 2.14. The van der Waals surface area contributed by atoms with E-state index >= 15 is 0 Å². The molecule has 0 aromatic heterocycles. The molecule has 0 rings (SSSR count). The van der Waals surface area contributed by atoms with Gasteiger partial charge in [-0.3, -0.25) is 0 Å². The molecule has 4 N–H and O–H groups in total. The topological polar surface area (TPSA) is 72.7 Å². The highest BCUT2D eigenvalue weighted by Gasteiger charge is 2.25. The molecule has 0 saturated heterocycles. The van der Waals surface area contributed by atoms with Crippen LogP contribution in [0.25, 0.3) is 0 Å². The van der Waals surface area contributed by atoms with Crippen molar-refractivity contribution in [1.82, 2.24) is 5.32 Å². The van der Waals surface area contributed by atoms with Crippen molar-refractivity contribution >= 4 is 0 Å². The normalized spacial score (nSPS) is 20.8. The molecule has 80 valence electrons. The smallest absolute Gasteiger partial charge is 0.0714 e. The molecule has 0 aliphatic rings. The lowest BCUT2D eigenvalue weighted by atomic mass is 9.90. The molecule has 0 aromatic rings. The minimum Gasteiger partial charge on any atom is -0.396 e. The minimum atomic E-state index is -0.659. The fourth-order valence-corrected chi connectivity index (χ4v) is 1.25. The van der Waals surface area contributed by atoms with Crippen LogP contribution in [0, 0.1) is 11.8 Å². The first-order valence-electron chi connectivity index (χ1n) is 4.66. The number of rotatable bonds is 6. The second-order valence-electron chi connectivity index (χ2n) is 3.63. The van der Waals surface area contributed by atoms with Gasteiger partial charge < -0.3 is 20.6 Å². The molecule has 4 heteroatoms. The Balaban J connectivity index is 3.99. The Labute approximate surface area is 79.6 Å². The largest absolute Gasteiger partial charge is 0.396 e. The van der Waals surface area contributed by atoms with Gasteiger partial charge in [-0.2, -0.15) is 0 Å². The Kier molecular flexibility index (Phi) is 6.24. The zero-order valence-corrected chi connectivity index (χ0v) is 8.57. The van der Waals surface area contributed by atoms with E-state index in [0.717, 1.165) is 0 Å². The van der Waals surface area contributed by atoms with Crippen molar-refractivity contribution in [3.63, 3.8) is 0 Å². The van der Waals surface area contributed by atoms with E-state index in [1.54, 1.807) is 20.9 Å². The Morgan fingerprint density at radius 2 is 1.77 bits per heavy atom. The summed E-state index contributed by atoms with van der Waals surface area (Å²) in [4.78, 5) is 0. The SMILES string of the molecule is CNCC(O)C(C)C(O)C(C)CO. The highest BCUT2D eigenvalue weighted by atomic mass is 16.3. The lowest BCUT2D eigenvalue weighted by molar-refractivity contribution is -0.0180. The zero-order chi connectivity index (χ0) is 10.4. The van der Waals surface area contributed by atoms with Crippen LogP contribution < -0.4 is 5.32 Å². The third-order valence-electron chi connectivity index (χ3n) is 2.43. The van der Waals surface area contributed by atoms with Gasteiger partial charge in [0.15, 0.2) is 0 Å². The quantitative estimate of drug-likeness (QED) is 0.443.